The van der Waals surface area contributed by atoms with Crippen molar-refractivity contribution in [2.24, 2.45) is 0 Å². The van der Waals surface area contributed by atoms with Gasteiger partial charge < -0.3 is 19.4 Å². The Hall–Kier alpha value is -2.50. The van der Waals surface area contributed by atoms with Gasteiger partial charge in [0.1, 0.15) is 0 Å². The summed E-state index contributed by atoms with van der Waals surface area (Å²) < 4.78 is 11.1. The number of nitrogens with one attached hydrogen (secondary N) is 1. The van der Waals surface area contributed by atoms with Crippen LogP contribution in [0, 0.1) is 6.92 Å². The lowest BCUT2D eigenvalue weighted by Gasteiger charge is -2.28. The second-order valence-electron chi connectivity index (χ2n) is 6.27. The van der Waals surface area contributed by atoms with Crippen LogP contribution in [0.1, 0.15) is 16.1 Å². The Morgan fingerprint density at radius 2 is 1.85 bits per heavy atom. The van der Waals surface area contributed by atoms with Crippen molar-refractivity contribution in [2.45, 2.75) is 6.92 Å². The molecule has 0 bridgehead atoms. The first-order chi connectivity index (χ1) is 12.6. The Balaban J connectivity index is 1.53. The van der Waals surface area contributed by atoms with E-state index in [1.54, 1.807) is 6.07 Å². The van der Waals surface area contributed by atoms with Crippen LogP contribution in [0.4, 0.5) is 11.4 Å². The maximum absolute atomic E-state index is 12.6. The van der Waals surface area contributed by atoms with Crippen molar-refractivity contribution >= 4 is 39.9 Å². The summed E-state index contributed by atoms with van der Waals surface area (Å²) in [5.74, 6) is -0.000699. The summed E-state index contributed by atoms with van der Waals surface area (Å²) >= 11 is 6.16. The molecule has 134 valence electrons. The molecule has 26 heavy (non-hydrogen) atoms. The summed E-state index contributed by atoms with van der Waals surface area (Å²) in [5, 5.41) is 4.24. The van der Waals surface area contributed by atoms with E-state index in [1.807, 2.05) is 43.3 Å². The average Bonchev–Trinajstić information content (AvgIpc) is 3.01. The van der Waals surface area contributed by atoms with Gasteiger partial charge in [0.2, 0.25) is 0 Å². The van der Waals surface area contributed by atoms with Crippen molar-refractivity contribution in [1.82, 2.24) is 0 Å². The van der Waals surface area contributed by atoms with Gasteiger partial charge in [-0.2, -0.15) is 0 Å². The molecule has 1 saturated heterocycles. The Labute approximate surface area is 156 Å². The minimum atomic E-state index is -0.283. The summed E-state index contributed by atoms with van der Waals surface area (Å²) in [6.45, 7) is 5.10. The molecule has 5 nitrogen and oxygen atoms in total. The molecule has 0 spiro atoms. The number of nitrogens with zero attached hydrogens (tertiary/aromatic N) is 1. The molecule has 2 heterocycles. The molecule has 0 radical (unpaired) electrons. The standard InChI is InChI=1S/C20H19ClN2O3/c1-13-16-3-2-4-17(21)19(16)26-18(13)20(24)22-14-5-7-15(8-6-14)23-9-11-25-12-10-23/h2-8H,9-12H2,1H3,(H,22,24). The number of halogens is 1. The molecule has 4 rings (SSSR count). The van der Waals surface area contributed by atoms with E-state index in [0.29, 0.717) is 10.6 Å². The van der Waals surface area contributed by atoms with Crippen LogP contribution in [-0.4, -0.2) is 32.2 Å². The lowest BCUT2D eigenvalue weighted by Crippen LogP contribution is -2.36. The number of carbonyl (C=O) groups excluding carboxylic acids is 1. The Bertz CT molecular complexity index is 944. The molecule has 1 fully saturated rings. The van der Waals surface area contributed by atoms with Gasteiger partial charge in [-0.25, -0.2) is 0 Å². The third-order valence-corrected chi connectivity index (χ3v) is 4.92. The van der Waals surface area contributed by atoms with Gasteiger partial charge in [0.25, 0.3) is 5.91 Å². The fraction of sp³-hybridized carbons (Fsp3) is 0.250. The zero-order valence-electron chi connectivity index (χ0n) is 14.4. The van der Waals surface area contributed by atoms with E-state index in [0.717, 1.165) is 48.6 Å². The lowest BCUT2D eigenvalue weighted by molar-refractivity contribution is 0.0998. The van der Waals surface area contributed by atoms with Crippen molar-refractivity contribution in [3.8, 4) is 0 Å². The lowest BCUT2D eigenvalue weighted by atomic mass is 10.1. The predicted octanol–water partition coefficient (Wildman–Crippen LogP) is 4.48. The number of anilines is 2. The number of fused-ring (bicyclic) bond motifs is 1. The van der Waals surface area contributed by atoms with Crippen LogP contribution < -0.4 is 10.2 Å². The summed E-state index contributed by atoms with van der Waals surface area (Å²) in [6, 6.07) is 13.3. The molecule has 1 amide bonds. The molecule has 0 atom stereocenters. The summed E-state index contributed by atoms with van der Waals surface area (Å²) in [7, 11) is 0. The first-order valence-corrected chi connectivity index (χ1v) is 8.93. The maximum atomic E-state index is 12.6. The maximum Gasteiger partial charge on any atom is 0.291 e. The Morgan fingerprint density at radius 3 is 2.54 bits per heavy atom. The zero-order valence-corrected chi connectivity index (χ0v) is 15.2. The van der Waals surface area contributed by atoms with Crippen molar-refractivity contribution in [3.63, 3.8) is 0 Å². The minimum absolute atomic E-state index is 0.283. The quantitative estimate of drug-likeness (QED) is 0.738. The number of benzene rings is 2. The number of hydrogen-bond donors (Lipinski definition) is 1. The highest BCUT2D eigenvalue weighted by Crippen LogP contribution is 2.31. The second-order valence-corrected chi connectivity index (χ2v) is 6.68. The number of para-hydroxylation sites is 1. The third-order valence-electron chi connectivity index (χ3n) is 4.62. The molecule has 1 aliphatic heterocycles. The molecule has 0 unspecified atom stereocenters. The van der Waals surface area contributed by atoms with Gasteiger partial charge >= 0.3 is 0 Å². The Morgan fingerprint density at radius 1 is 1.12 bits per heavy atom. The molecule has 1 aromatic heterocycles. The second kappa shape index (κ2) is 7.02. The molecule has 2 aromatic carbocycles. The monoisotopic (exact) mass is 370 g/mol. The number of furan rings is 1. The smallest absolute Gasteiger partial charge is 0.291 e. The van der Waals surface area contributed by atoms with E-state index >= 15 is 0 Å². The van der Waals surface area contributed by atoms with Crippen molar-refractivity contribution < 1.29 is 13.9 Å². The van der Waals surface area contributed by atoms with E-state index in [1.165, 1.54) is 0 Å². The summed E-state index contributed by atoms with van der Waals surface area (Å²) in [4.78, 5) is 14.9. The van der Waals surface area contributed by atoms with Gasteiger partial charge in [-0.1, -0.05) is 23.7 Å². The van der Waals surface area contributed by atoms with Gasteiger partial charge in [0.05, 0.1) is 18.2 Å². The van der Waals surface area contributed by atoms with E-state index < -0.39 is 0 Å². The highest BCUT2D eigenvalue weighted by Gasteiger charge is 2.19. The molecule has 0 saturated carbocycles. The zero-order chi connectivity index (χ0) is 18.1. The van der Waals surface area contributed by atoms with Gasteiger partial charge in [0, 0.05) is 35.4 Å². The number of aryl methyl sites for hydroxylation is 1. The van der Waals surface area contributed by atoms with E-state index in [4.69, 9.17) is 20.8 Å². The number of rotatable bonds is 3. The summed E-state index contributed by atoms with van der Waals surface area (Å²) in [5.41, 5.74) is 3.17. The molecular formula is C20H19ClN2O3. The molecule has 6 heteroatoms. The number of amides is 1. The highest BCUT2D eigenvalue weighted by molar-refractivity contribution is 6.35. The van der Waals surface area contributed by atoms with E-state index in [-0.39, 0.29) is 11.7 Å². The fourth-order valence-electron chi connectivity index (χ4n) is 3.19. The summed E-state index contributed by atoms with van der Waals surface area (Å²) in [6.07, 6.45) is 0. The fourth-order valence-corrected chi connectivity index (χ4v) is 3.40. The first-order valence-electron chi connectivity index (χ1n) is 8.55. The Kier molecular flexibility index (Phi) is 4.57. The van der Waals surface area contributed by atoms with E-state index in [9.17, 15) is 4.79 Å². The number of hydrogen-bond acceptors (Lipinski definition) is 4. The largest absolute Gasteiger partial charge is 0.449 e. The highest BCUT2D eigenvalue weighted by atomic mass is 35.5. The molecular weight excluding hydrogens is 352 g/mol. The molecule has 0 aliphatic carbocycles. The third kappa shape index (κ3) is 3.16. The van der Waals surface area contributed by atoms with Crippen LogP contribution in [0.5, 0.6) is 0 Å². The predicted molar refractivity (Wildman–Crippen MR) is 103 cm³/mol. The van der Waals surface area contributed by atoms with Crippen LogP contribution in [0.25, 0.3) is 11.0 Å². The first kappa shape index (κ1) is 16.9. The van der Waals surface area contributed by atoms with Gasteiger partial charge in [-0.3, -0.25) is 4.79 Å². The normalized spacial score (nSPS) is 14.6. The van der Waals surface area contributed by atoms with Crippen molar-refractivity contribution in [3.05, 3.63) is 58.8 Å². The molecule has 3 aromatic rings. The number of morpholine rings is 1. The van der Waals surface area contributed by atoms with Gasteiger partial charge in [-0.05, 0) is 37.3 Å². The van der Waals surface area contributed by atoms with Gasteiger partial charge in [0.15, 0.2) is 11.3 Å². The van der Waals surface area contributed by atoms with Crippen LogP contribution in [-0.2, 0) is 4.74 Å². The average molecular weight is 371 g/mol. The molecule has 1 N–H and O–H groups in total. The van der Waals surface area contributed by atoms with Crippen molar-refractivity contribution in [2.75, 3.05) is 36.5 Å². The van der Waals surface area contributed by atoms with Crippen LogP contribution in [0.3, 0.4) is 0 Å². The van der Waals surface area contributed by atoms with Crippen molar-refractivity contribution in [1.29, 1.82) is 0 Å². The topological polar surface area (TPSA) is 54.7 Å². The van der Waals surface area contributed by atoms with Crippen LogP contribution >= 0.6 is 11.6 Å². The minimum Gasteiger partial charge on any atom is -0.449 e. The SMILES string of the molecule is Cc1c(C(=O)Nc2ccc(N3CCOCC3)cc2)oc2c(Cl)cccc12. The van der Waals surface area contributed by atoms with E-state index in [2.05, 4.69) is 10.2 Å². The number of carbonyl (C=O) groups is 1. The molecule has 1 aliphatic rings. The van der Waals surface area contributed by atoms with Crippen LogP contribution in [0.2, 0.25) is 5.02 Å². The van der Waals surface area contributed by atoms with Crippen LogP contribution in [0.15, 0.2) is 46.9 Å². The number of ether oxygens (including phenoxy) is 1. The van der Waals surface area contributed by atoms with Gasteiger partial charge in [-0.15, -0.1) is 0 Å².